The second kappa shape index (κ2) is 6.56. The highest BCUT2D eigenvalue weighted by molar-refractivity contribution is 6.29. The Bertz CT molecular complexity index is 884. The van der Waals surface area contributed by atoms with Crippen LogP contribution in [-0.4, -0.2) is 26.7 Å². The van der Waals surface area contributed by atoms with E-state index in [-0.39, 0.29) is 17.9 Å². The Morgan fingerprint density at radius 2 is 2.08 bits per heavy atom. The van der Waals surface area contributed by atoms with Crippen LogP contribution < -0.4 is 10.1 Å². The highest BCUT2D eigenvalue weighted by Gasteiger charge is 2.15. The number of fused-ring (bicyclic) bond motifs is 1. The van der Waals surface area contributed by atoms with E-state index in [0.717, 1.165) is 5.69 Å². The van der Waals surface area contributed by atoms with Gasteiger partial charge in [0.1, 0.15) is 10.9 Å². The first-order valence-electron chi connectivity index (χ1n) is 7.06. The standard InChI is InChI=1S/C15H14ClF2N5O/c1-8-5-12(16)23-15(20-8)21-14(22-23)19-7-9-3-4-11(24-2)10(6-9)13(17)18/h3-6,13H,7H2,1-2H3,(H,19,22). The van der Waals surface area contributed by atoms with Crippen LogP contribution in [0.3, 0.4) is 0 Å². The molecular weight excluding hydrogens is 340 g/mol. The maximum atomic E-state index is 13.0. The van der Waals surface area contributed by atoms with E-state index in [1.807, 2.05) is 0 Å². The molecule has 0 bridgehead atoms. The van der Waals surface area contributed by atoms with Crippen LogP contribution in [0.2, 0.25) is 5.15 Å². The van der Waals surface area contributed by atoms with Crippen molar-refractivity contribution in [2.24, 2.45) is 0 Å². The minimum Gasteiger partial charge on any atom is -0.496 e. The molecule has 0 aliphatic rings. The molecule has 3 rings (SSSR count). The number of aromatic nitrogens is 4. The van der Waals surface area contributed by atoms with Crippen molar-refractivity contribution in [3.05, 3.63) is 46.2 Å². The van der Waals surface area contributed by atoms with Crippen LogP contribution in [0.15, 0.2) is 24.3 Å². The fraction of sp³-hybridized carbons (Fsp3) is 0.267. The van der Waals surface area contributed by atoms with Crippen molar-refractivity contribution >= 4 is 23.3 Å². The fourth-order valence-electron chi connectivity index (χ4n) is 2.26. The van der Waals surface area contributed by atoms with Gasteiger partial charge >= 0.3 is 0 Å². The summed E-state index contributed by atoms with van der Waals surface area (Å²) in [5, 5.41) is 7.55. The summed E-state index contributed by atoms with van der Waals surface area (Å²) in [4.78, 5) is 8.43. The number of nitrogens with one attached hydrogen (secondary N) is 1. The molecule has 2 aromatic heterocycles. The summed E-state index contributed by atoms with van der Waals surface area (Å²) in [6.07, 6.45) is -2.61. The summed E-state index contributed by atoms with van der Waals surface area (Å²) in [7, 11) is 1.36. The van der Waals surface area contributed by atoms with E-state index in [2.05, 4.69) is 20.4 Å². The van der Waals surface area contributed by atoms with Crippen LogP contribution in [-0.2, 0) is 6.54 Å². The summed E-state index contributed by atoms with van der Waals surface area (Å²) in [5.41, 5.74) is 1.23. The fourth-order valence-corrected chi connectivity index (χ4v) is 2.53. The van der Waals surface area contributed by atoms with Crippen molar-refractivity contribution < 1.29 is 13.5 Å². The van der Waals surface area contributed by atoms with Gasteiger partial charge in [-0.15, -0.1) is 5.10 Å². The van der Waals surface area contributed by atoms with Crippen molar-refractivity contribution in [2.75, 3.05) is 12.4 Å². The molecule has 1 aromatic carbocycles. The molecule has 0 radical (unpaired) electrons. The summed E-state index contributed by atoms with van der Waals surface area (Å²) in [5.74, 6) is 0.834. The minimum atomic E-state index is -2.61. The lowest BCUT2D eigenvalue weighted by Crippen LogP contribution is -2.03. The number of halogens is 3. The normalized spacial score (nSPS) is 11.2. The first-order valence-corrected chi connectivity index (χ1v) is 7.44. The van der Waals surface area contributed by atoms with Gasteiger partial charge in [-0.3, -0.25) is 0 Å². The molecule has 0 aliphatic heterocycles. The predicted molar refractivity (Wildman–Crippen MR) is 85.8 cm³/mol. The zero-order valence-corrected chi connectivity index (χ0v) is 13.7. The van der Waals surface area contributed by atoms with Crippen molar-refractivity contribution in [3.8, 4) is 5.75 Å². The van der Waals surface area contributed by atoms with Gasteiger partial charge < -0.3 is 10.1 Å². The predicted octanol–water partition coefficient (Wildman–Crippen LogP) is 3.64. The second-order valence-electron chi connectivity index (χ2n) is 5.10. The molecule has 9 heteroatoms. The number of ether oxygens (including phenoxy) is 1. The molecular formula is C15H14ClF2N5O. The summed E-state index contributed by atoms with van der Waals surface area (Å²) in [6, 6.07) is 6.27. The molecule has 0 amide bonds. The zero-order chi connectivity index (χ0) is 17.3. The van der Waals surface area contributed by atoms with Gasteiger partial charge in [0, 0.05) is 12.2 Å². The van der Waals surface area contributed by atoms with E-state index >= 15 is 0 Å². The first-order chi connectivity index (χ1) is 11.5. The quantitative estimate of drug-likeness (QED) is 0.709. The number of hydrogen-bond donors (Lipinski definition) is 1. The van der Waals surface area contributed by atoms with Gasteiger partial charge in [0.05, 0.1) is 12.7 Å². The van der Waals surface area contributed by atoms with Gasteiger partial charge in [0.2, 0.25) is 5.95 Å². The number of methoxy groups -OCH3 is 1. The van der Waals surface area contributed by atoms with E-state index in [1.54, 1.807) is 19.1 Å². The van der Waals surface area contributed by atoms with Gasteiger partial charge in [0.25, 0.3) is 12.2 Å². The van der Waals surface area contributed by atoms with Crippen molar-refractivity contribution in [3.63, 3.8) is 0 Å². The Kier molecular flexibility index (Phi) is 4.48. The molecule has 0 unspecified atom stereocenters. The number of nitrogens with zero attached hydrogens (tertiary/aromatic N) is 4. The van der Waals surface area contributed by atoms with Gasteiger partial charge in [-0.1, -0.05) is 17.7 Å². The number of rotatable bonds is 5. The van der Waals surface area contributed by atoms with E-state index in [1.165, 1.54) is 23.8 Å². The van der Waals surface area contributed by atoms with Gasteiger partial charge in [-0.05, 0) is 30.7 Å². The maximum absolute atomic E-state index is 13.0. The van der Waals surface area contributed by atoms with Crippen LogP contribution in [0, 0.1) is 6.92 Å². The van der Waals surface area contributed by atoms with Crippen LogP contribution in [0.4, 0.5) is 14.7 Å². The molecule has 1 N–H and O–H groups in total. The zero-order valence-electron chi connectivity index (χ0n) is 12.9. The number of benzene rings is 1. The SMILES string of the molecule is COc1ccc(CNc2nc3nc(C)cc(Cl)n3n2)cc1C(F)F. The van der Waals surface area contributed by atoms with Crippen LogP contribution in [0.1, 0.15) is 23.2 Å². The average molecular weight is 354 g/mol. The highest BCUT2D eigenvalue weighted by atomic mass is 35.5. The summed E-state index contributed by atoms with van der Waals surface area (Å²) in [6.45, 7) is 2.08. The van der Waals surface area contributed by atoms with E-state index in [4.69, 9.17) is 16.3 Å². The van der Waals surface area contributed by atoms with Gasteiger partial charge in [-0.2, -0.15) is 9.50 Å². The average Bonchev–Trinajstić information content (AvgIpc) is 2.95. The van der Waals surface area contributed by atoms with Crippen molar-refractivity contribution in [2.45, 2.75) is 19.9 Å². The molecule has 0 saturated carbocycles. The molecule has 126 valence electrons. The number of alkyl halides is 2. The Morgan fingerprint density at radius 3 is 2.79 bits per heavy atom. The molecule has 3 aromatic rings. The Hall–Kier alpha value is -2.48. The van der Waals surface area contributed by atoms with Crippen LogP contribution >= 0.6 is 11.6 Å². The van der Waals surface area contributed by atoms with Gasteiger partial charge in [-0.25, -0.2) is 13.8 Å². The number of hydrogen-bond acceptors (Lipinski definition) is 5. The second-order valence-corrected chi connectivity index (χ2v) is 5.49. The summed E-state index contributed by atoms with van der Waals surface area (Å²) < 4.78 is 32.4. The maximum Gasteiger partial charge on any atom is 0.267 e. The molecule has 2 heterocycles. The van der Waals surface area contributed by atoms with Crippen molar-refractivity contribution in [1.29, 1.82) is 0 Å². The molecule has 0 aliphatic carbocycles. The lowest BCUT2D eigenvalue weighted by Gasteiger charge is -2.10. The highest BCUT2D eigenvalue weighted by Crippen LogP contribution is 2.29. The van der Waals surface area contributed by atoms with Crippen LogP contribution in [0.5, 0.6) is 5.75 Å². The lowest BCUT2D eigenvalue weighted by atomic mass is 10.1. The minimum absolute atomic E-state index is 0.153. The molecule has 0 saturated heterocycles. The smallest absolute Gasteiger partial charge is 0.267 e. The Morgan fingerprint density at radius 1 is 1.29 bits per heavy atom. The molecule has 24 heavy (non-hydrogen) atoms. The third-order valence-electron chi connectivity index (χ3n) is 3.38. The number of anilines is 1. The van der Waals surface area contributed by atoms with Gasteiger partial charge in [0.15, 0.2) is 0 Å². The number of aryl methyl sites for hydroxylation is 1. The Balaban J connectivity index is 1.81. The largest absolute Gasteiger partial charge is 0.496 e. The topological polar surface area (TPSA) is 64.3 Å². The van der Waals surface area contributed by atoms with E-state index in [0.29, 0.717) is 22.4 Å². The first kappa shape index (κ1) is 16.4. The van der Waals surface area contributed by atoms with Crippen molar-refractivity contribution in [1.82, 2.24) is 19.6 Å². The molecule has 0 fully saturated rings. The molecule has 6 nitrogen and oxygen atoms in total. The van der Waals surface area contributed by atoms with E-state index in [9.17, 15) is 8.78 Å². The summed E-state index contributed by atoms with van der Waals surface area (Å²) >= 11 is 6.08. The third kappa shape index (κ3) is 3.23. The Labute approximate surface area is 141 Å². The molecule has 0 spiro atoms. The van der Waals surface area contributed by atoms with E-state index < -0.39 is 6.43 Å². The van der Waals surface area contributed by atoms with Crippen LogP contribution in [0.25, 0.3) is 5.78 Å². The molecule has 0 atom stereocenters. The lowest BCUT2D eigenvalue weighted by molar-refractivity contribution is 0.147. The third-order valence-corrected chi connectivity index (χ3v) is 3.65. The monoisotopic (exact) mass is 353 g/mol.